The normalized spacial score (nSPS) is 38.5. The minimum Gasteiger partial charge on any atom is -0.335 e. The predicted octanol–water partition coefficient (Wildman–Crippen LogP) is 1.12. The number of nitrogens with two attached hydrogens (primary N) is 1. The molecule has 1 amide bonds. The van der Waals surface area contributed by atoms with Crippen molar-refractivity contribution >= 4 is 5.91 Å². The molecule has 3 atom stereocenters. The molecule has 1 saturated carbocycles. The molecule has 1 aliphatic heterocycles. The summed E-state index contributed by atoms with van der Waals surface area (Å²) in [4.78, 5) is 13.8. The molecule has 0 unspecified atom stereocenters. The van der Waals surface area contributed by atoms with Crippen LogP contribution < -0.4 is 5.73 Å². The quantitative estimate of drug-likeness (QED) is 0.683. The van der Waals surface area contributed by atoms with Crippen molar-refractivity contribution in [2.75, 3.05) is 6.54 Å². The van der Waals surface area contributed by atoms with E-state index in [0.717, 1.165) is 18.9 Å². The highest BCUT2D eigenvalue weighted by Gasteiger charge is 2.52. The van der Waals surface area contributed by atoms with E-state index in [-0.39, 0.29) is 17.5 Å². The zero-order valence-corrected chi connectivity index (χ0v) is 9.12. The fraction of sp³-hybridized carbons (Fsp3) is 0.909. The van der Waals surface area contributed by atoms with Crippen LogP contribution in [0, 0.1) is 5.92 Å². The molecule has 2 rings (SSSR count). The first-order valence-electron chi connectivity index (χ1n) is 5.63. The summed E-state index contributed by atoms with van der Waals surface area (Å²) in [6.45, 7) is 4.94. The van der Waals surface area contributed by atoms with Crippen LogP contribution in [0.2, 0.25) is 0 Å². The number of hydrogen-bond acceptors (Lipinski definition) is 2. The zero-order chi connectivity index (χ0) is 10.3. The average Bonchev–Trinajstić information content (AvgIpc) is 2.12. The lowest BCUT2D eigenvalue weighted by molar-refractivity contribution is -0.161. The Labute approximate surface area is 85.6 Å². The van der Waals surface area contributed by atoms with Gasteiger partial charge in [0, 0.05) is 12.1 Å². The summed E-state index contributed by atoms with van der Waals surface area (Å²) >= 11 is 0. The lowest BCUT2D eigenvalue weighted by Crippen LogP contribution is -2.70. The molecule has 1 heterocycles. The van der Waals surface area contributed by atoms with Gasteiger partial charge in [0.2, 0.25) is 5.91 Å². The molecule has 3 heteroatoms. The fourth-order valence-corrected chi connectivity index (χ4v) is 2.94. The van der Waals surface area contributed by atoms with Crippen molar-refractivity contribution in [3.63, 3.8) is 0 Å². The van der Waals surface area contributed by atoms with Gasteiger partial charge < -0.3 is 10.6 Å². The second kappa shape index (κ2) is 3.23. The van der Waals surface area contributed by atoms with Gasteiger partial charge in [-0.15, -0.1) is 0 Å². The molecule has 0 radical (unpaired) electrons. The van der Waals surface area contributed by atoms with Gasteiger partial charge in [0.25, 0.3) is 0 Å². The Morgan fingerprint density at radius 2 is 2.29 bits per heavy atom. The third-order valence-corrected chi connectivity index (χ3v) is 4.04. The summed E-state index contributed by atoms with van der Waals surface area (Å²) < 4.78 is 0. The monoisotopic (exact) mass is 196 g/mol. The molecule has 2 aliphatic rings. The van der Waals surface area contributed by atoms with Gasteiger partial charge in [-0.1, -0.05) is 12.8 Å². The number of rotatable bonds is 1. The Morgan fingerprint density at radius 1 is 1.57 bits per heavy atom. The van der Waals surface area contributed by atoms with Crippen LogP contribution in [-0.4, -0.2) is 28.9 Å². The molecule has 0 aromatic rings. The van der Waals surface area contributed by atoms with E-state index in [4.69, 9.17) is 5.73 Å². The lowest BCUT2D eigenvalue weighted by atomic mass is 9.66. The summed E-state index contributed by atoms with van der Waals surface area (Å²) in [5.74, 6) is 0.865. The summed E-state index contributed by atoms with van der Waals surface area (Å²) in [5, 5.41) is 0. The number of nitrogens with zero attached hydrogens (tertiary/aromatic N) is 1. The van der Waals surface area contributed by atoms with Crippen LogP contribution >= 0.6 is 0 Å². The van der Waals surface area contributed by atoms with Crippen LogP contribution in [-0.2, 0) is 4.79 Å². The maximum absolute atomic E-state index is 11.8. The minimum atomic E-state index is -0.338. The van der Waals surface area contributed by atoms with Crippen molar-refractivity contribution in [2.24, 2.45) is 11.7 Å². The molecule has 80 valence electrons. The molecule has 1 aliphatic carbocycles. The van der Waals surface area contributed by atoms with Gasteiger partial charge >= 0.3 is 0 Å². The van der Waals surface area contributed by atoms with E-state index < -0.39 is 0 Å². The molecule has 0 bridgehead atoms. The van der Waals surface area contributed by atoms with E-state index >= 15 is 0 Å². The number of carbonyl (C=O) groups excluding carboxylic acids is 1. The van der Waals surface area contributed by atoms with Gasteiger partial charge in [0.1, 0.15) is 0 Å². The van der Waals surface area contributed by atoms with Crippen LogP contribution in [0.1, 0.15) is 39.5 Å². The van der Waals surface area contributed by atoms with Crippen molar-refractivity contribution in [3.05, 3.63) is 0 Å². The molecule has 0 aromatic heterocycles. The van der Waals surface area contributed by atoms with Crippen LogP contribution in [0.15, 0.2) is 0 Å². The summed E-state index contributed by atoms with van der Waals surface area (Å²) in [7, 11) is 0. The van der Waals surface area contributed by atoms with E-state index in [1.54, 1.807) is 6.92 Å². The highest BCUT2D eigenvalue weighted by molar-refractivity contribution is 5.83. The fourth-order valence-electron chi connectivity index (χ4n) is 2.94. The van der Waals surface area contributed by atoms with E-state index in [0.29, 0.717) is 0 Å². The molecule has 2 N–H and O–H groups in total. The Morgan fingerprint density at radius 3 is 2.86 bits per heavy atom. The third kappa shape index (κ3) is 1.26. The zero-order valence-electron chi connectivity index (χ0n) is 9.12. The highest BCUT2D eigenvalue weighted by Crippen LogP contribution is 2.46. The van der Waals surface area contributed by atoms with Gasteiger partial charge in [0.15, 0.2) is 0 Å². The SMILES string of the molecule is C[C@@H](N)C(=O)N1C[C@@H]2CCCC[C@@]21C. The first-order valence-corrected chi connectivity index (χ1v) is 5.63. The van der Waals surface area contributed by atoms with E-state index in [2.05, 4.69) is 6.92 Å². The van der Waals surface area contributed by atoms with Gasteiger partial charge in [-0.25, -0.2) is 0 Å². The predicted molar refractivity (Wildman–Crippen MR) is 55.7 cm³/mol. The van der Waals surface area contributed by atoms with Crippen LogP contribution in [0.3, 0.4) is 0 Å². The maximum Gasteiger partial charge on any atom is 0.239 e. The molecule has 0 aromatic carbocycles. The highest BCUT2D eigenvalue weighted by atomic mass is 16.2. The maximum atomic E-state index is 11.8. The number of amides is 1. The van der Waals surface area contributed by atoms with Crippen molar-refractivity contribution in [1.29, 1.82) is 0 Å². The average molecular weight is 196 g/mol. The number of likely N-dealkylation sites (tertiary alicyclic amines) is 1. The van der Waals surface area contributed by atoms with Gasteiger partial charge in [-0.3, -0.25) is 4.79 Å². The molecular weight excluding hydrogens is 176 g/mol. The van der Waals surface area contributed by atoms with Gasteiger partial charge in [-0.05, 0) is 32.6 Å². The van der Waals surface area contributed by atoms with Crippen LogP contribution in [0.4, 0.5) is 0 Å². The molecular formula is C11H20N2O. The van der Waals surface area contributed by atoms with Crippen molar-refractivity contribution in [3.8, 4) is 0 Å². The van der Waals surface area contributed by atoms with E-state index in [1.165, 1.54) is 19.3 Å². The Bertz CT molecular complexity index is 252. The first kappa shape index (κ1) is 9.97. The van der Waals surface area contributed by atoms with Crippen LogP contribution in [0.25, 0.3) is 0 Å². The van der Waals surface area contributed by atoms with Gasteiger partial charge in [0.05, 0.1) is 6.04 Å². The standard InChI is InChI=1S/C11H20N2O/c1-8(12)10(14)13-7-9-5-3-4-6-11(9,13)2/h8-9H,3-7,12H2,1-2H3/t8-,9+,11+/m1/s1. The van der Waals surface area contributed by atoms with Crippen molar-refractivity contribution in [1.82, 2.24) is 4.90 Å². The molecule has 0 spiro atoms. The summed E-state index contributed by atoms with van der Waals surface area (Å²) in [6, 6.07) is -0.338. The first-order chi connectivity index (χ1) is 6.55. The Balaban J connectivity index is 2.07. The Hall–Kier alpha value is -0.570. The minimum absolute atomic E-state index is 0.130. The largest absolute Gasteiger partial charge is 0.335 e. The van der Waals surface area contributed by atoms with E-state index in [9.17, 15) is 4.79 Å². The third-order valence-electron chi connectivity index (χ3n) is 4.04. The summed E-state index contributed by atoms with van der Waals surface area (Å²) in [5.41, 5.74) is 5.78. The molecule has 3 nitrogen and oxygen atoms in total. The molecule has 2 fully saturated rings. The number of carbonyl (C=O) groups is 1. The van der Waals surface area contributed by atoms with Crippen molar-refractivity contribution < 1.29 is 4.79 Å². The topological polar surface area (TPSA) is 46.3 Å². The van der Waals surface area contributed by atoms with Gasteiger partial charge in [-0.2, -0.15) is 0 Å². The van der Waals surface area contributed by atoms with Crippen molar-refractivity contribution in [2.45, 2.75) is 51.1 Å². The lowest BCUT2D eigenvalue weighted by Gasteiger charge is -2.60. The number of fused-ring (bicyclic) bond motifs is 1. The molecule has 14 heavy (non-hydrogen) atoms. The number of hydrogen-bond donors (Lipinski definition) is 1. The Kier molecular flexibility index (Phi) is 2.30. The smallest absolute Gasteiger partial charge is 0.239 e. The second-order valence-corrected chi connectivity index (χ2v) is 5.04. The molecule has 1 saturated heterocycles. The van der Waals surface area contributed by atoms with Crippen LogP contribution in [0.5, 0.6) is 0 Å². The summed E-state index contributed by atoms with van der Waals surface area (Å²) in [6.07, 6.45) is 5.05. The van der Waals surface area contributed by atoms with E-state index in [1.807, 2.05) is 4.90 Å². The second-order valence-electron chi connectivity index (χ2n) is 5.04.